The third kappa shape index (κ3) is 4.67. The summed E-state index contributed by atoms with van der Waals surface area (Å²) in [5, 5.41) is 14.5. The summed E-state index contributed by atoms with van der Waals surface area (Å²) >= 11 is 5.63. The van der Waals surface area contributed by atoms with Crippen LogP contribution in [-0.4, -0.2) is 50.9 Å². The van der Waals surface area contributed by atoms with Crippen LogP contribution in [0.1, 0.15) is 38.8 Å². The van der Waals surface area contributed by atoms with E-state index < -0.39 is 28.7 Å². The van der Waals surface area contributed by atoms with Crippen molar-refractivity contribution in [3.05, 3.63) is 53.7 Å². The molecule has 0 unspecified atom stereocenters. The SMILES string of the molecule is CCN(CC)CCn1ncc2cc(N3C(=S)N(c4ccc(C#N)c(C(F)(F)F)c4)C(=O)C3(C)C)ccc21. The van der Waals surface area contributed by atoms with Crippen molar-refractivity contribution in [2.75, 3.05) is 29.4 Å². The maximum atomic E-state index is 13.6. The predicted octanol–water partition coefficient (Wildman–Crippen LogP) is 5.19. The van der Waals surface area contributed by atoms with Crippen LogP contribution in [0.5, 0.6) is 0 Å². The van der Waals surface area contributed by atoms with Crippen LogP contribution in [0.15, 0.2) is 42.6 Å². The molecule has 194 valence electrons. The average molecular weight is 529 g/mol. The lowest BCUT2D eigenvalue weighted by Crippen LogP contribution is -2.44. The zero-order chi connectivity index (χ0) is 27.1. The Hall–Kier alpha value is -3.49. The molecule has 0 saturated carbocycles. The minimum Gasteiger partial charge on any atom is -0.304 e. The number of halogens is 3. The Bertz CT molecular complexity index is 1400. The molecule has 7 nitrogen and oxygen atoms in total. The molecular weight excluding hydrogens is 501 g/mol. The quantitative estimate of drug-likeness (QED) is 0.394. The molecule has 11 heteroatoms. The van der Waals surface area contributed by atoms with E-state index in [-0.39, 0.29) is 10.8 Å². The third-order valence-electron chi connectivity index (χ3n) is 6.76. The lowest BCUT2D eigenvalue weighted by atomic mass is 10.0. The van der Waals surface area contributed by atoms with Crippen molar-refractivity contribution in [3.63, 3.8) is 0 Å². The highest BCUT2D eigenvalue weighted by atomic mass is 32.1. The van der Waals surface area contributed by atoms with E-state index in [2.05, 4.69) is 23.8 Å². The van der Waals surface area contributed by atoms with Gasteiger partial charge in [0.05, 0.1) is 41.1 Å². The van der Waals surface area contributed by atoms with Gasteiger partial charge in [0.25, 0.3) is 5.91 Å². The number of likely N-dealkylation sites (N-methyl/N-ethyl adjacent to an activating group) is 1. The molecule has 1 aliphatic rings. The minimum atomic E-state index is -4.75. The Balaban J connectivity index is 1.69. The van der Waals surface area contributed by atoms with Crippen LogP contribution in [0.2, 0.25) is 0 Å². The van der Waals surface area contributed by atoms with Gasteiger partial charge < -0.3 is 9.80 Å². The summed E-state index contributed by atoms with van der Waals surface area (Å²) in [6.45, 7) is 11.1. The Labute approximate surface area is 218 Å². The van der Waals surface area contributed by atoms with Gasteiger partial charge in [-0.15, -0.1) is 0 Å². The lowest BCUT2D eigenvalue weighted by Gasteiger charge is -2.29. The van der Waals surface area contributed by atoms with Gasteiger partial charge in [-0.3, -0.25) is 14.4 Å². The second-order valence-electron chi connectivity index (χ2n) is 9.29. The average Bonchev–Trinajstić information content (AvgIpc) is 3.33. The highest BCUT2D eigenvalue weighted by Gasteiger charge is 2.50. The highest BCUT2D eigenvalue weighted by molar-refractivity contribution is 7.81. The van der Waals surface area contributed by atoms with E-state index in [0.29, 0.717) is 5.69 Å². The number of nitrogens with zero attached hydrogens (tertiary/aromatic N) is 6. The van der Waals surface area contributed by atoms with Gasteiger partial charge >= 0.3 is 6.18 Å². The molecule has 2 aromatic carbocycles. The summed E-state index contributed by atoms with van der Waals surface area (Å²) in [7, 11) is 0. The molecule has 0 radical (unpaired) electrons. The monoisotopic (exact) mass is 528 g/mol. The van der Waals surface area contributed by atoms with Gasteiger partial charge in [0.2, 0.25) is 0 Å². The van der Waals surface area contributed by atoms with Crippen molar-refractivity contribution in [2.45, 2.75) is 46.0 Å². The van der Waals surface area contributed by atoms with E-state index in [1.54, 1.807) is 31.0 Å². The summed E-state index contributed by atoms with van der Waals surface area (Å²) in [5.41, 5.74) is -1.26. The number of hydrogen-bond donors (Lipinski definition) is 0. The van der Waals surface area contributed by atoms with Gasteiger partial charge in [-0.05, 0) is 75.6 Å². The fraction of sp³-hybridized carbons (Fsp3) is 0.385. The molecule has 2 heterocycles. The number of rotatable bonds is 7. The van der Waals surface area contributed by atoms with Crippen molar-refractivity contribution in [1.82, 2.24) is 14.7 Å². The molecule has 37 heavy (non-hydrogen) atoms. The summed E-state index contributed by atoms with van der Waals surface area (Å²) in [6.07, 6.45) is -3.00. The first-order valence-electron chi connectivity index (χ1n) is 11.9. The molecule has 0 bridgehead atoms. The van der Waals surface area contributed by atoms with Gasteiger partial charge in [0, 0.05) is 17.6 Å². The van der Waals surface area contributed by atoms with E-state index in [4.69, 9.17) is 17.5 Å². The summed E-state index contributed by atoms with van der Waals surface area (Å²) in [5.74, 6) is -0.467. The molecular formula is C26H27F3N6OS. The fourth-order valence-corrected chi connectivity index (χ4v) is 5.15. The number of amides is 1. The van der Waals surface area contributed by atoms with Crippen molar-refractivity contribution < 1.29 is 18.0 Å². The van der Waals surface area contributed by atoms with Gasteiger partial charge in [0.1, 0.15) is 5.54 Å². The fourth-order valence-electron chi connectivity index (χ4n) is 4.63. The Morgan fingerprint density at radius 3 is 2.41 bits per heavy atom. The number of carbonyl (C=O) groups is 1. The van der Waals surface area contributed by atoms with Crippen LogP contribution in [0.25, 0.3) is 10.9 Å². The number of hydrogen-bond acceptors (Lipinski definition) is 5. The minimum absolute atomic E-state index is 0.0396. The van der Waals surface area contributed by atoms with Gasteiger partial charge in [0.15, 0.2) is 5.11 Å². The first-order valence-corrected chi connectivity index (χ1v) is 12.3. The second kappa shape index (κ2) is 9.76. The summed E-state index contributed by atoms with van der Waals surface area (Å²) in [6, 6.07) is 10.3. The van der Waals surface area contributed by atoms with Crippen molar-refractivity contribution in [2.24, 2.45) is 0 Å². The van der Waals surface area contributed by atoms with Crippen LogP contribution in [0.3, 0.4) is 0 Å². The normalized spacial score (nSPS) is 15.8. The lowest BCUT2D eigenvalue weighted by molar-refractivity contribution is -0.137. The Kier molecular flexibility index (Phi) is 7.01. The topological polar surface area (TPSA) is 68.4 Å². The molecule has 1 aliphatic heterocycles. The number of carbonyl (C=O) groups excluding carboxylic acids is 1. The second-order valence-corrected chi connectivity index (χ2v) is 9.66. The number of benzene rings is 2. The van der Waals surface area contributed by atoms with Crippen LogP contribution < -0.4 is 9.80 Å². The maximum Gasteiger partial charge on any atom is 0.417 e. The van der Waals surface area contributed by atoms with Crippen molar-refractivity contribution in [3.8, 4) is 6.07 Å². The third-order valence-corrected chi connectivity index (χ3v) is 7.13. The van der Waals surface area contributed by atoms with E-state index in [1.807, 2.05) is 22.9 Å². The number of aromatic nitrogens is 2. The molecule has 0 aliphatic carbocycles. The summed E-state index contributed by atoms with van der Waals surface area (Å²) < 4.78 is 42.6. The predicted molar refractivity (Wildman–Crippen MR) is 140 cm³/mol. The van der Waals surface area contributed by atoms with Gasteiger partial charge in [-0.1, -0.05) is 13.8 Å². The van der Waals surface area contributed by atoms with Crippen LogP contribution in [0, 0.1) is 11.3 Å². The molecule has 3 aromatic rings. The van der Waals surface area contributed by atoms with Crippen molar-refractivity contribution in [1.29, 1.82) is 5.26 Å². The smallest absolute Gasteiger partial charge is 0.304 e. The standard InChI is InChI=1S/C26H27F3N6OS/c1-5-32(6-2)11-12-33-22-10-9-20(13-18(22)16-31-33)35-24(37)34(23(36)25(35,3)4)19-8-7-17(15-30)21(14-19)26(27,28)29/h7-10,13-14,16H,5-6,11-12H2,1-4H3. The molecule has 1 amide bonds. The van der Waals surface area contributed by atoms with E-state index in [1.165, 1.54) is 6.07 Å². The molecule has 4 rings (SSSR count). The zero-order valence-electron chi connectivity index (χ0n) is 21.0. The van der Waals surface area contributed by atoms with Gasteiger partial charge in [-0.25, -0.2) is 0 Å². The van der Waals surface area contributed by atoms with Crippen molar-refractivity contribution >= 4 is 45.5 Å². The molecule has 0 N–H and O–H groups in total. The Morgan fingerprint density at radius 1 is 1.11 bits per heavy atom. The van der Waals surface area contributed by atoms with E-state index in [0.717, 1.165) is 54.1 Å². The number of alkyl halides is 3. The number of thiocarbonyl (C=S) groups is 1. The molecule has 0 atom stereocenters. The van der Waals surface area contributed by atoms with E-state index in [9.17, 15) is 18.0 Å². The first-order chi connectivity index (χ1) is 17.4. The highest BCUT2D eigenvalue weighted by Crippen LogP contribution is 2.40. The molecule has 1 saturated heterocycles. The van der Waals surface area contributed by atoms with Gasteiger partial charge in [-0.2, -0.15) is 23.5 Å². The summed E-state index contributed by atoms with van der Waals surface area (Å²) in [4.78, 5) is 18.5. The molecule has 1 aromatic heterocycles. The van der Waals surface area contributed by atoms with Crippen LogP contribution in [0.4, 0.5) is 24.5 Å². The molecule has 0 spiro atoms. The number of anilines is 2. The number of nitriles is 1. The van der Waals surface area contributed by atoms with Crippen LogP contribution >= 0.6 is 12.2 Å². The Morgan fingerprint density at radius 2 is 1.78 bits per heavy atom. The molecule has 1 fully saturated rings. The maximum absolute atomic E-state index is 13.6. The zero-order valence-corrected chi connectivity index (χ0v) is 21.8. The number of fused-ring (bicyclic) bond motifs is 1. The first kappa shape index (κ1) is 26.6. The van der Waals surface area contributed by atoms with E-state index >= 15 is 0 Å². The largest absolute Gasteiger partial charge is 0.417 e. The van der Waals surface area contributed by atoms with Crippen LogP contribution in [-0.2, 0) is 17.5 Å².